The second-order valence-corrected chi connectivity index (χ2v) is 6.26. The molecule has 3 aromatic rings. The van der Waals surface area contributed by atoms with Crippen molar-refractivity contribution < 1.29 is 4.79 Å². The number of fused-ring (bicyclic) bond motifs is 1. The molecule has 1 aliphatic rings. The first kappa shape index (κ1) is 13.0. The Bertz CT molecular complexity index is 916. The molecule has 7 heteroatoms. The van der Waals surface area contributed by atoms with Gasteiger partial charge in [-0.15, -0.1) is 11.3 Å². The van der Waals surface area contributed by atoms with Crippen LogP contribution in [0.25, 0.3) is 16.2 Å². The maximum absolute atomic E-state index is 11.2. The Morgan fingerprint density at radius 1 is 1.45 bits per heavy atom. The van der Waals surface area contributed by atoms with Crippen LogP contribution in [0.2, 0.25) is 0 Å². The quantitative estimate of drug-likeness (QED) is 0.749. The lowest BCUT2D eigenvalue weighted by molar-refractivity contribution is 0.112. The van der Waals surface area contributed by atoms with Gasteiger partial charge in [-0.05, 0) is 25.0 Å². The summed E-state index contributed by atoms with van der Waals surface area (Å²) in [6, 6.07) is 8.15. The van der Waals surface area contributed by atoms with Crippen LogP contribution in [0.1, 0.15) is 28.1 Å². The molecule has 0 aliphatic heterocycles. The van der Waals surface area contributed by atoms with Gasteiger partial charge in [0.15, 0.2) is 11.9 Å². The van der Waals surface area contributed by atoms with Gasteiger partial charge in [-0.3, -0.25) is 4.79 Å². The summed E-state index contributed by atoms with van der Waals surface area (Å²) in [5.41, 5.74) is 1.73. The van der Waals surface area contributed by atoms with Gasteiger partial charge in [0.05, 0.1) is 22.3 Å². The number of rotatable bonds is 4. The van der Waals surface area contributed by atoms with Crippen molar-refractivity contribution in [2.45, 2.75) is 18.9 Å². The van der Waals surface area contributed by atoms with Crippen molar-refractivity contribution in [3.8, 4) is 16.6 Å². The standard InChI is InChI=1S/C15H11N5OS/c16-6-11-3-4-13(22-11)12-5-14(18-10-1-2-10)20-15(19-12)9(8-21)7-17-20/h3-5,7-8,10,18H,1-2H2. The zero-order valence-electron chi connectivity index (χ0n) is 11.5. The number of hydrogen-bond acceptors (Lipinski definition) is 6. The summed E-state index contributed by atoms with van der Waals surface area (Å²) in [4.78, 5) is 17.2. The fraction of sp³-hybridized carbons (Fsp3) is 0.200. The second kappa shape index (κ2) is 4.93. The molecule has 0 bridgehead atoms. The van der Waals surface area contributed by atoms with Gasteiger partial charge in [0.25, 0.3) is 0 Å². The van der Waals surface area contributed by atoms with E-state index < -0.39 is 0 Å². The number of aldehydes is 1. The topological polar surface area (TPSA) is 83.1 Å². The highest BCUT2D eigenvalue weighted by molar-refractivity contribution is 7.15. The van der Waals surface area contributed by atoms with Crippen molar-refractivity contribution in [2.24, 2.45) is 0 Å². The summed E-state index contributed by atoms with van der Waals surface area (Å²) >= 11 is 1.38. The molecule has 22 heavy (non-hydrogen) atoms. The highest BCUT2D eigenvalue weighted by Gasteiger charge is 2.23. The van der Waals surface area contributed by atoms with Crippen LogP contribution in [0.15, 0.2) is 24.4 Å². The van der Waals surface area contributed by atoms with E-state index in [0.717, 1.165) is 35.5 Å². The Labute approximate surface area is 130 Å². The molecule has 0 atom stereocenters. The zero-order chi connectivity index (χ0) is 15.1. The van der Waals surface area contributed by atoms with Crippen molar-refractivity contribution in [3.63, 3.8) is 0 Å². The minimum absolute atomic E-state index is 0.456. The molecule has 1 fully saturated rings. The van der Waals surface area contributed by atoms with Gasteiger partial charge in [0.2, 0.25) is 0 Å². The number of carbonyl (C=O) groups excluding carboxylic acids is 1. The number of nitriles is 1. The van der Waals surface area contributed by atoms with E-state index in [4.69, 9.17) is 5.26 Å². The Morgan fingerprint density at radius 3 is 3.00 bits per heavy atom. The van der Waals surface area contributed by atoms with Gasteiger partial charge < -0.3 is 5.32 Å². The van der Waals surface area contributed by atoms with E-state index in [2.05, 4.69) is 21.5 Å². The van der Waals surface area contributed by atoms with E-state index in [0.29, 0.717) is 22.1 Å². The summed E-state index contributed by atoms with van der Waals surface area (Å²) in [6.45, 7) is 0. The lowest BCUT2D eigenvalue weighted by Crippen LogP contribution is -2.08. The van der Waals surface area contributed by atoms with Gasteiger partial charge in [0, 0.05) is 12.1 Å². The Morgan fingerprint density at radius 2 is 2.32 bits per heavy atom. The molecular weight excluding hydrogens is 298 g/mol. The first-order valence-electron chi connectivity index (χ1n) is 6.89. The van der Waals surface area contributed by atoms with Crippen LogP contribution in [0, 0.1) is 11.3 Å². The third-order valence-electron chi connectivity index (χ3n) is 3.52. The number of nitrogens with zero attached hydrogens (tertiary/aromatic N) is 4. The van der Waals surface area contributed by atoms with Gasteiger partial charge in [-0.25, -0.2) is 4.98 Å². The fourth-order valence-corrected chi connectivity index (χ4v) is 3.03. The van der Waals surface area contributed by atoms with Crippen molar-refractivity contribution in [3.05, 3.63) is 34.8 Å². The molecule has 0 unspecified atom stereocenters. The van der Waals surface area contributed by atoms with E-state index in [9.17, 15) is 4.79 Å². The van der Waals surface area contributed by atoms with Crippen LogP contribution in [-0.2, 0) is 0 Å². The SMILES string of the molecule is N#Cc1ccc(-c2cc(NC3CC3)n3ncc(C=O)c3n2)s1. The lowest BCUT2D eigenvalue weighted by Gasteiger charge is -2.09. The summed E-state index contributed by atoms with van der Waals surface area (Å²) in [5, 5.41) is 16.6. The third kappa shape index (κ3) is 2.14. The summed E-state index contributed by atoms with van der Waals surface area (Å²) in [6.07, 6.45) is 4.55. The molecule has 4 rings (SSSR count). The van der Waals surface area contributed by atoms with Gasteiger partial charge in [0.1, 0.15) is 16.8 Å². The highest BCUT2D eigenvalue weighted by atomic mass is 32.1. The molecule has 0 radical (unpaired) electrons. The van der Waals surface area contributed by atoms with E-state index in [1.807, 2.05) is 12.1 Å². The van der Waals surface area contributed by atoms with Crippen LogP contribution in [0.4, 0.5) is 5.82 Å². The van der Waals surface area contributed by atoms with Crippen LogP contribution >= 0.6 is 11.3 Å². The Balaban J connectivity index is 1.90. The molecule has 0 saturated heterocycles. The molecule has 1 aliphatic carbocycles. The third-order valence-corrected chi connectivity index (χ3v) is 4.54. The summed E-state index contributed by atoms with van der Waals surface area (Å²) in [5.74, 6) is 0.822. The van der Waals surface area contributed by atoms with Crippen molar-refractivity contribution >= 4 is 29.1 Å². The molecule has 1 saturated carbocycles. The highest BCUT2D eigenvalue weighted by Crippen LogP contribution is 2.31. The molecule has 3 aromatic heterocycles. The lowest BCUT2D eigenvalue weighted by atomic mass is 10.3. The maximum atomic E-state index is 11.2. The Hall–Kier alpha value is -2.72. The molecular formula is C15H11N5OS. The van der Waals surface area contributed by atoms with Crippen LogP contribution in [0.5, 0.6) is 0 Å². The predicted molar refractivity (Wildman–Crippen MR) is 83.0 cm³/mol. The van der Waals surface area contributed by atoms with Gasteiger partial charge >= 0.3 is 0 Å². The molecule has 1 N–H and O–H groups in total. The van der Waals surface area contributed by atoms with Crippen molar-refractivity contribution in [2.75, 3.05) is 5.32 Å². The fourth-order valence-electron chi connectivity index (χ4n) is 2.26. The number of aromatic nitrogens is 3. The first-order valence-corrected chi connectivity index (χ1v) is 7.71. The van der Waals surface area contributed by atoms with Crippen LogP contribution < -0.4 is 5.32 Å². The van der Waals surface area contributed by atoms with Crippen LogP contribution in [-0.4, -0.2) is 26.9 Å². The number of hydrogen-bond donors (Lipinski definition) is 1. The van der Waals surface area contributed by atoms with E-state index in [1.165, 1.54) is 17.5 Å². The minimum atomic E-state index is 0.456. The minimum Gasteiger partial charge on any atom is -0.367 e. The largest absolute Gasteiger partial charge is 0.367 e. The molecule has 6 nitrogen and oxygen atoms in total. The first-order chi connectivity index (χ1) is 10.8. The number of nitrogens with one attached hydrogen (secondary N) is 1. The van der Waals surface area contributed by atoms with Gasteiger partial charge in [-0.1, -0.05) is 0 Å². The van der Waals surface area contributed by atoms with E-state index in [-0.39, 0.29) is 0 Å². The van der Waals surface area contributed by atoms with Crippen LogP contribution in [0.3, 0.4) is 0 Å². The normalized spacial score (nSPS) is 14.0. The zero-order valence-corrected chi connectivity index (χ0v) is 12.3. The Kier molecular flexibility index (Phi) is 2.91. The average Bonchev–Trinajstić information content (AvgIpc) is 3.07. The molecule has 0 aromatic carbocycles. The van der Waals surface area contributed by atoms with Crippen molar-refractivity contribution in [1.29, 1.82) is 5.26 Å². The monoisotopic (exact) mass is 309 g/mol. The number of carbonyl (C=O) groups is 1. The second-order valence-electron chi connectivity index (χ2n) is 5.17. The van der Waals surface area contributed by atoms with Crippen molar-refractivity contribution in [1.82, 2.24) is 14.6 Å². The maximum Gasteiger partial charge on any atom is 0.168 e. The smallest absolute Gasteiger partial charge is 0.168 e. The summed E-state index contributed by atoms with van der Waals surface area (Å²) < 4.78 is 1.66. The number of anilines is 1. The molecule has 0 amide bonds. The van der Waals surface area contributed by atoms with E-state index in [1.54, 1.807) is 10.6 Å². The summed E-state index contributed by atoms with van der Waals surface area (Å²) in [7, 11) is 0. The average molecular weight is 309 g/mol. The molecule has 108 valence electrons. The molecule has 3 heterocycles. The predicted octanol–water partition coefficient (Wildman–Crippen LogP) is 2.72. The molecule has 0 spiro atoms. The van der Waals surface area contributed by atoms with E-state index >= 15 is 0 Å². The number of thiophene rings is 1. The van der Waals surface area contributed by atoms with Gasteiger partial charge in [-0.2, -0.15) is 14.9 Å².